The van der Waals surface area contributed by atoms with E-state index in [1.54, 1.807) is 6.07 Å². The molecule has 0 atom stereocenters. The summed E-state index contributed by atoms with van der Waals surface area (Å²) in [6.45, 7) is 2.24. The van der Waals surface area contributed by atoms with Crippen LogP contribution in [-0.4, -0.2) is 7.11 Å². The van der Waals surface area contributed by atoms with Crippen molar-refractivity contribution in [2.45, 2.75) is 58.3 Å². The average molecular weight is 346 g/mol. The van der Waals surface area contributed by atoms with Crippen LogP contribution in [0.3, 0.4) is 0 Å². The average Bonchev–Trinajstić information content (AvgIpc) is 2.63. The molecule has 0 aromatic heterocycles. The number of unbranched alkanes of at least 4 members (excludes halogenated alkanes) is 6. The monoisotopic (exact) mass is 346 g/mol. The predicted molar refractivity (Wildman–Crippen MR) is 100 cm³/mol. The van der Waals surface area contributed by atoms with Crippen LogP contribution in [0.15, 0.2) is 36.4 Å². The molecule has 0 saturated carbocycles. The van der Waals surface area contributed by atoms with E-state index in [1.807, 2.05) is 12.1 Å². The quantitative estimate of drug-likeness (QED) is 0.424. The van der Waals surface area contributed by atoms with Gasteiger partial charge in [-0.15, -0.1) is 0 Å². The molecule has 0 amide bonds. The fraction of sp³-hybridized carbons (Fsp3) is 0.455. The van der Waals surface area contributed by atoms with Crippen LogP contribution in [0.25, 0.3) is 11.1 Å². The Morgan fingerprint density at radius 1 is 0.800 bits per heavy atom. The maximum atomic E-state index is 13.8. The lowest BCUT2D eigenvalue weighted by atomic mass is 10.00. The largest absolute Gasteiger partial charge is 0.493 e. The second kappa shape index (κ2) is 10.2. The van der Waals surface area contributed by atoms with Gasteiger partial charge in [0.25, 0.3) is 0 Å². The van der Waals surface area contributed by atoms with Crippen LogP contribution in [0.2, 0.25) is 0 Å². The molecule has 2 aromatic rings. The van der Waals surface area contributed by atoms with E-state index in [1.165, 1.54) is 57.6 Å². The van der Waals surface area contributed by atoms with Crippen molar-refractivity contribution < 1.29 is 13.5 Å². The Hall–Kier alpha value is -1.90. The number of halogens is 2. The van der Waals surface area contributed by atoms with Gasteiger partial charge in [-0.3, -0.25) is 0 Å². The zero-order valence-electron chi connectivity index (χ0n) is 15.3. The normalized spacial score (nSPS) is 10.9. The topological polar surface area (TPSA) is 9.23 Å². The zero-order chi connectivity index (χ0) is 18.1. The molecular formula is C22H28F2O. The molecule has 0 N–H and O–H groups in total. The number of rotatable bonds is 10. The first-order chi connectivity index (χ1) is 12.2. The number of benzene rings is 2. The molecule has 0 unspecified atom stereocenters. The van der Waals surface area contributed by atoms with E-state index in [2.05, 4.69) is 19.1 Å². The fourth-order valence-corrected chi connectivity index (χ4v) is 3.10. The summed E-state index contributed by atoms with van der Waals surface area (Å²) in [5.41, 5.74) is 2.68. The lowest BCUT2D eigenvalue weighted by molar-refractivity contribution is 0.373. The molecular weight excluding hydrogens is 318 g/mol. The third-order valence-corrected chi connectivity index (χ3v) is 4.59. The van der Waals surface area contributed by atoms with Gasteiger partial charge in [-0.05, 0) is 36.1 Å². The molecule has 0 fully saturated rings. The van der Waals surface area contributed by atoms with Crippen molar-refractivity contribution >= 4 is 0 Å². The summed E-state index contributed by atoms with van der Waals surface area (Å²) in [6, 6.07) is 10.7. The van der Waals surface area contributed by atoms with E-state index < -0.39 is 11.6 Å². The minimum absolute atomic E-state index is 0.0418. The van der Waals surface area contributed by atoms with Crippen molar-refractivity contribution in [2.75, 3.05) is 7.11 Å². The summed E-state index contributed by atoms with van der Waals surface area (Å²) >= 11 is 0. The van der Waals surface area contributed by atoms with Crippen LogP contribution in [0, 0.1) is 11.6 Å². The molecule has 0 radical (unpaired) electrons. The molecule has 2 rings (SSSR count). The summed E-state index contributed by atoms with van der Waals surface area (Å²) in [6.07, 6.45) is 10.1. The number of hydrogen-bond acceptors (Lipinski definition) is 1. The summed E-state index contributed by atoms with van der Waals surface area (Å²) in [5, 5.41) is 0. The van der Waals surface area contributed by atoms with Crippen LogP contribution in [0.1, 0.15) is 57.4 Å². The highest BCUT2D eigenvalue weighted by atomic mass is 19.2. The molecule has 0 saturated heterocycles. The predicted octanol–water partition coefficient (Wildman–Crippen LogP) is 6.93. The van der Waals surface area contributed by atoms with Crippen LogP contribution < -0.4 is 4.74 Å². The molecule has 0 aliphatic carbocycles. The van der Waals surface area contributed by atoms with Crippen molar-refractivity contribution in [3.63, 3.8) is 0 Å². The Kier molecular flexibility index (Phi) is 7.90. The summed E-state index contributed by atoms with van der Waals surface area (Å²) < 4.78 is 32.2. The van der Waals surface area contributed by atoms with E-state index in [-0.39, 0.29) is 5.75 Å². The van der Waals surface area contributed by atoms with E-state index in [0.717, 1.165) is 18.1 Å². The van der Waals surface area contributed by atoms with Gasteiger partial charge in [-0.25, -0.2) is 4.39 Å². The highest BCUT2D eigenvalue weighted by molar-refractivity contribution is 5.71. The second-order valence-electron chi connectivity index (χ2n) is 6.51. The van der Waals surface area contributed by atoms with Gasteiger partial charge in [-0.2, -0.15) is 4.39 Å². The third-order valence-electron chi connectivity index (χ3n) is 4.59. The van der Waals surface area contributed by atoms with Crippen LogP contribution >= 0.6 is 0 Å². The Labute approximate surface area is 150 Å². The number of ether oxygens (including phenoxy) is 1. The Bertz CT molecular complexity index is 650. The number of methoxy groups -OCH3 is 1. The molecule has 0 aliphatic heterocycles. The number of hydrogen-bond donors (Lipinski definition) is 0. The van der Waals surface area contributed by atoms with Gasteiger partial charge in [0, 0.05) is 5.56 Å². The van der Waals surface area contributed by atoms with Gasteiger partial charge >= 0.3 is 0 Å². The molecule has 136 valence electrons. The highest BCUT2D eigenvalue weighted by Crippen LogP contribution is 2.33. The van der Waals surface area contributed by atoms with Crippen molar-refractivity contribution in [1.82, 2.24) is 0 Å². The van der Waals surface area contributed by atoms with Gasteiger partial charge in [0.2, 0.25) is 5.82 Å². The van der Waals surface area contributed by atoms with Crippen LogP contribution in [0.5, 0.6) is 5.75 Å². The Morgan fingerprint density at radius 2 is 1.44 bits per heavy atom. The lowest BCUT2D eigenvalue weighted by Crippen LogP contribution is -1.95. The standard InChI is InChI=1S/C22H28F2O/c1-3-4-5-6-7-8-9-10-17-11-13-18(14-12-17)19-15-16-20(23)21(24)22(19)25-2/h11-16H,3-10H2,1-2H3. The smallest absolute Gasteiger partial charge is 0.201 e. The summed E-state index contributed by atoms with van der Waals surface area (Å²) in [5.74, 6) is -1.87. The van der Waals surface area contributed by atoms with E-state index in [4.69, 9.17) is 4.74 Å². The van der Waals surface area contributed by atoms with Gasteiger partial charge in [0.1, 0.15) is 0 Å². The van der Waals surface area contributed by atoms with Crippen molar-refractivity contribution in [2.24, 2.45) is 0 Å². The van der Waals surface area contributed by atoms with Gasteiger partial charge in [-0.1, -0.05) is 69.7 Å². The molecule has 0 heterocycles. The molecule has 25 heavy (non-hydrogen) atoms. The summed E-state index contributed by atoms with van der Waals surface area (Å²) in [4.78, 5) is 0. The van der Waals surface area contributed by atoms with Crippen LogP contribution in [-0.2, 0) is 6.42 Å². The Balaban J connectivity index is 1.91. The first kappa shape index (κ1) is 19.4. The van der Waals surface area contributed by atoms with Gasteiger partial charge in [0.15, 0.2) is 11.6 Å². The molecule has 2 aromatic carbocycles. The van der Waals surface area contributed by atoms with E-state index >= 15 is 0 Å². The molecule has 1 nitrogen and oxygen atoms in total. The SMILES string of the molecule is CCCCCCCCCc1ccc(-c2ccc(F)c(F)c2OC)cc1. The van der Waals surface area contributed by atoms with Gasteiger partial charge < -0.3 is 4.74 Å². The first-order valence-electron chi connectivity index (χ1n) is 9.28. The molecule has 0 spiro atoms. The van der Waals surface area contributed by atoms with Gasteiger partial charge in [0.05, 0.1) is 7.11 Å². The number of aryl methyl sites for hydroxylation is 1. The maximum Gasteiger partial charge on any atom is 0.201 e. The lowest BCUT2D eigenvalue weighted by Gasteiger charge is -2.11. The Morgan fingerprint density at radius 3 is 2.08 bits per heavy atom. The third kappa shape index (κ3) is 5.55. The second-order valence-corrected chi connectivity index (χ2v) is 6.51. The fourth-order valence-electron chi connectivity index (χ4n) is 3.10. The van der Waals surface area contributed by atoms with Crippen molar-refractivity contribution in [1.29, 1.82) is 0 Å². The minimum Gasteiger partial charge on any atom is -0.493 e. The van der Waals surface area contributed by atoms with Crippen molar-refractivity contribution in [3.8, 4) is 16.9 Å². The minimum atomic E-state index is -0.938. The molecule has 0 aliphatic rings. The molecule has 3 heteroatoms. The molecule has 0 bridgehead atoms. The highest BCUT2D eigenvalue weighted by Gasteiger charge is 2.15. The van der Waals surface area contributed by atoms with Crippen molar-refractivity contribution in [3.05, 3.63) is 53.6 Å². The summed E-state index contributed by atoms with van der Waals surface area (Å²) in [7, 11) is 1.36. The first-order valence-corrected chi connectivity index (χ1v) is 9.28. The van der Waals surface area contributed by atoms with E-state index in [0.29, 0.717) is 5.56 Å². The van der Waals surface area contributed by atoms with Crippen LogP contribution in [0.4, 0.5) is 8.78 Å². The zero-order valence-corrected chi connectivity index (χ0v) is 15.3. The van der Waals surface area contributed by atoms with E-state index in [9.17, 15) is 8.78 Å². The maximum absolute atomic E-state index is 13.8.